The normalized spacial score (nSPS) is 12.6. The highest BCUT2D eigenvalue weighted by Gasteiger charge is 2.35. The van der Waals surface area contributed by atoms with Crippen LogP contribution < -0.4 is 70.5 Å². The number of alkyl halides is 3. The summed E-state index contributed by atoms with van der Waals surface area (Å²) in [4.78, 5) is 59.7. The molecule has 18 N–H and O–H groups in total. The van der Waals surface area contributed by atoms with E-state index in [2.05, 4.69) is 117 Å². The molecule has 8 heterocycles. The van der Waals surface area contributed by atoms with Gasteiger partial charge in [-0.05, 0) is 228 Å². The molecule has 2 aliphatic rings. The summed E-state index contributed by atoms with van der Waals surface area (Å²) in [5.74, 6) is 22.7. The maximum Gasteiger partial charge on any atom is 0.416 e. The summed E-state index contributed by atoms with van der Waals surface area (Å²) >= 11 is 6.01. The van der Waals surface area contributed by atoms with Crippen LogP contribution in [0, 0.1) is 62.1 Å². The Hall–Kier alpha value is -18.8. The predicted molar refractivity (Wildman–Crippen MR) is 579 cm³/mol. The number of ether oxygens (including phenoxy) is 2. The van der Waals surface area contributed by atoms with E-state index in [1.54, 1.807) is 123 Å². The fourth-order valence-corrected chi connectivity index (χ4v) is 16.2. The third-order valence-corrected chi connectivity index (χ3v) is 24.1. The molecule has 34 heteroatoms. The van der Waals surface area contributed by atoms with Crippen LogP contribution in [0.25, 0.3) is 77.4 Å². The van der Waals surface area contributed by atoms with Crippen LogP contribution in [-0.4, -0.2) is 138 Å². The maximum absolute atomic E-state index is 14.6. The number of anilines is 10. The highest BCUT2D eigenvalue weighted by molar-refractivity contribution is 6.31. The quantitative estimate of drug-likeness (QED) is 0.0120. The first-order chi connectivity index (χ1) is 71.2. The van der Waals surface area contributed by atoms with Gasteiger partial charge < -0.3 is 85.0 Å². The fraction of sp³-hybridized carbons (Fsp3) is 0.140. The van der Waals surface area contributed by atoms with Crippen molar-refractivity contribution in [3.63, 3.8) is 0 Å². The molecule has 20 rings (SSSR count). The average molecular weight is 2000 g/mol. The number of halogens is 5. The third kappa shape index (κ3) is 25.8. The number of carbonyl (C=O) groups is 2. The van der Waals surface area contributed by atoms with Crippen molar-refractivity contribution >= 4 is 148 Å². The van der Waals surface area contributed by atoms with Crippen molar-refractivity contribution in [2.24, 2.45) is 15.9 Å². The zero-order valence-electron chi connectivity index (χ0n) is 81.5. The Morgan fingerprint density at radius 2 is 1.04 bits per heavy atom. The van der Waals surface area contributed by atoms with E-state index in [-0.39, 0.29) is 52.5 Å². The van der Waals surface area contributed by atoms with Gasteiger partial charge in [0, 0.05) is 144 Å². The number of nitrogens with one attached hydrogen (secondary N) is 5. The van der Waals surface area contributed by atoms with Crippen LogP contribution in [0.1, 0.15) is 96.5 Å². The number of hydrogen-bond donors (Lipinski definition) is 12. The van der Waals surface area contributed by atoms with Crippen LogP contribution in [0.15, 0.2) is 294 Å². The minimum atomic E-state index is -4.55. The highest BCUT2D eigenvalue weighted by atomic mass is 35.5. The van der Waals surface area contributed by atoms with E-state index in [0.717, 1.165) is 113 Å². The van der Waals surface area contributed by atoms with E-state index in [1.807, 2.05) is 192 Å². The lowest BCUT2D eigenvalue weighted by Crippen LogP contribution is -2.44. The Balaban J connectivity index is 0.000000134. The Labute approximate surface area is 854 Å². The van der Waals surface area contributed by atoms with Gasteiger partial charge in [0.05, 0.1) is 70.6 Å². The van der Waals surface area contributed by atoms with E-state index in [9.17, 15) is 27.2 Å². The molecule has 1 saturated heterocycles. The number of rotatable bonds is 14. The van der Waals surface area contributed by atoms with Crippen molar-refractivity contribution in [3.05, 3.63) is 368 Å². The molecule has 0 bridgehead atoms. The van der Waals surface area contributed by atoms with Crippen molar-refractivity contribution in [3.8, 4) is 69.9 Å². The second-order valence-corrected chi connectivity index (χ2v) is 35.7. The van der Waals surface area contributed by atoms with Crippen LogP contribution in [0.3, 0.4) is 0 Å². The van der Waals surface area contributed by atoms with Crippen LogP contribution >= 0.6 is 11.6 Å². The number of likely N-dealkylation sites (N-methyl/N-ethyl adjacent to an activating group) is 1. The lowest BCUT2D eigenvalue weighted by molar-refractivity contribution is -0.138. The number of carbonyl (C=O) groups excluding carboxylic acids is 2. The molecule has 2 aliphatic heterocycles. The number of urea groups is 1. The average Bonchev–Trinajstić information content (AvgIpc) is 1.70. The van der Waals surface area contributed by atoms with Crippen molar-refractivity contribution in [2.75, 3.05) is 104 Å². The lowest BCUT2D eigenvalue weighted by atomic mass is 10.0. The van der Waals surface area contributed by atoms with Crippen molar-refractivity contribution < 1.29 is 46.2 Å². The van der Waals surface area contributed by atoms with E-state index in [0.29, 0.717) is 133 Å². The Kier molecular flexibility index (Phi) is 31.5. The molecule has 0 unspecified atom stereocenters. The summed E-state index contributed by atoms with van der Waals surface area (Å²) in [6, 6.07) is 82.3. The molecule has 0 saturated carbocycles. The van der Waals surface area contributed by atoms with Crippen LogP contribution in [0.4, 0.5) is 80.1 Å². The second-order valence-electron chi connectivity index (χ2n) is 35.2. The number of nitrogens with two attached hydrogens (primary N) is 6. The minimum Gasteiger partial charge on any atom is -0.493 e. The summed E-state index contributed by atoms with van der Waals surface area (Å²) in [5, 5.41) is 39.8. The van der Waals surface area contributed by atoms with Crippen molar-refractivity contribution in [2.45, 2.75) is 52.9 Å². The molecule has 18 aromatic rings. The number of amidine groups is 2. The SMILES string of the molecule is CC1(C)CN=C(c2ccc(C#Cc3cc(N)nc4ccccc34)cc2F)N1.COc1cc2nc(N)nc(Nc3cccc(C)c3)c2cc1OC.Cc1cc(NC(=O)Nc2ccc(C#Cc3cc(N)nc4ccccc34)cc2)ccc1Cl.Cc1ccc(C(=O)Nc2ccc(CN3CCN(C)CC3)c(C(F)(F)F)c2)cc1C#Cc1cc(N)nc2ccccc12.NC(=NO)c1ccc(-c2nnc(-c3cc(N)nc4ccccc34)o2)cc1. The molecule has 0 spiro atoms. The van der Waals surface area contributed by atoms with Crippen molar-refractivity contribution in [1.29, 1.82) is 0 Å². The van der Waals surface area contributed by atoms with Gasteiger partial charge in [-0.3, -0.25) is 14.7 Å². The number of amides is 3. The number of fused-ring (bicyclic) bond motifs is 5. The molecule has 0 aliphatic carbocycles. The first-order valence-electron chi connectivity index (χ1n) is 46.4. The number of pyridine rings is 4. The monoisotopic (exact) mass is 2000 g/mol. The molecule has 742 valence electrons. The smallest absolute Gasteiger partial charge is 0.416 e. The standard InChI is InChI=1S/C32H30F3N5O.C25H19ClN4O.C22H19FN4.C18H14N6O2.C17H18N4O2/c1-21-7-8-24(17-22(21)9-10-23-18-30(36)38-29-6-4-3-5-27(23)29)31(41)37-26-12-11-25(28(19-26)32(33,34)35)20-40-15-13-39(2)14-16-40;1-16-14-20(12-13-22(16)26)29-25(31)28-19-10-7-17(8-11-19)6-9-18-15-24(27)30-23-5-3-2-4-21(18)23;1-22(2)13-25-21(27-22)17-10-8-14(11-18(17)23)7-9-15-12-20(24)26-19-6-4-3-5-16(15)19;19-15-9-13(12-3-1-2-4-14(12)21-15)18-23-22-17(26-18)11-7-5-10(6-8-11)16(20)24-25;1-10-5-4-6-11(7-10)19-16-12-8-14(22-2)15(23-3)9-13(12)20-17(18)21-16/h3-8,11-12,17-19H,13-16,20H2,1-2H3,(H2,36,38)(H,37,41);2-5,7-8,10-15H,1H3,(H2,27,30)(H2,28,29,31);3-6,8,10-12H,13H2,1-2H3,(H2,24,26)(H,25,27);1-9,25H,(H2,19,21)(H2,20,24);4-9H,1-3H3,(H3,18,19,20,21). The molecule has 1 fully saturated rings. The molecule has 3 amide bonds. The molecule has 6 aromatic heterocycles. The summed E-state index contributed by atoms with van der Waals surface area (Å²) < 4.78 is 73.0. The molecule has 0 atom stereocenters. The van der Waals surface area contributed by atoms with Gasteiger partial charge >= 0.3 is 12.2 Å². The number of nitrogen functional groups attached to an aromatic ring is 5. The Bertz CT molecular complexity index is 8350. The van der Waals surface area contributed by atoms with Crippen molar-refractivity contribution in [1.82, 2.24) is 55.2 Å². The molecule has 29 nitrogen and oxygen atoms in total. The fourth-order valence-electron chi connectivity index (χ4n) is 16.1. The van der Waals surface area contributed by atoms with Gasteiger partial charge in [-0.2, -0.15) is 18.2 Å². The highest BCUT2D eigenvalue weighted by Crippen LogP contribution is 2.39. The van der Waals surface area contributed by atoms with E-state index >= 15 is 0 Å². The van der Waals surface area contributed by atoms with Gasteiger partial charge in [0.1, 0.15) is 40.7 Å². The number of benzene rings is 12. The van der Waals surface area contributed by atoms with Gasteiger partial charge in [0.2, 0.25) is 17.7 Å². The molecule has 12 aromatic carbocycles. The zero-order chi connectivity index (χ0) is 104. The van der Waals surface area contributed by atoms with E-state index in [4.69, 9.17) is 65.1 Å². The number of para-hydroxylation sites is 4. The first-order valence-corrected chi connectivity index (χ1v) is 46.8. The van der Waals surface area contributed by atoms with E-state index in [1.165, 1.54) is 18.2 Å². The number of methoxy groups -OCH3 is 2. The Morgan fingerprint density at radius 1 is 0.507 bits per heavy atom. The van der Waals surface area contributed by atoms with Crippen LogP contribution in [0.2, 0.25) is 5.02 Å². The molecule has 0 radical (unpaired) electrons. The summed E-state index contributed by atoms with van der Waals surface area (Å²) in [6.07, 6.45) is -4.55. The summed E-state index contributed by atoms with van der Waals surface area (Å²) in [7, 11) is 5.17. The largest absolute Gasteiger partial charge is 0.493 e. The van der Waals surface area contributed by atoms with Gasteiger partial charge in [0.15, 0.2) is 17.3 Å². The minimum absolute atomic E-state index is 0.0292. The van der Waals surface area contributed by atoms with Crippen LogP contribution in [-0.2, 0) is 12.7 Å². The van der Waals surface area contributed by atoms with Gasteiger partial charge in [-0.15, -0.1) is 10.2 Å². The summed E-state index contributed by atoms with van der Waals surface area (Å²) in [5.41, 5.74) is 50.4. The third-order valence-electron chi connectivity index (χ3n) is 23.7. The number of aliphatic imine (C=N–C) groups is 1. The Morgan fingerprint density at radius 3 is 1.62 bits per heavy atom. The number of hydrogen-bond acceptors (Lipinski definition) is 25. The zero-order valence-corrected chi connectivity index (χ0v) is 82.3. The number of piperazine rings is 1. The first kappa shape index (κ1) is 102. The lowest BCUT2D eigenvalue weighted by Gasteiger charge is -2.33. The van der Waals surface area contributed by atoms with Gasteiger partial charge in [0.25, 0.3) is 5.91 Å². The topological polar surface area (TPSA) is 437 Å². The van der Waals surface area contributed by atoms with Gasteiger partial charge in [-0.25, -0.2) is 34.1 Å². The molecular formula is C114H100ClF4N23O6. The second kappa shape index (κ2) is 45.7. The predicted octanol–water partition coefficient (Wildman–Crippen LogP) is 20.8. The number of oxime groups is 1. The van der Waals surface area contributed by atoms with Crippen LogP contribution in [0.5, 0.6) is 11.5 Å². The number of aryl methyl sites for hydroxylation is 3. The van der Waals surface area contributed by atoms with E-state index < -0.39 is 17.6 Å². The maximum atomic E-state index is 14.6. The van der Waals surface area contributed by atoms with Gasteiger partial charge in [-0.1, -0.05) is 161 Å². The molecular weight excluding hydrogens is 1900 g/mol. The number of nitrogens with zero attached hydrogens (tertiary/aromatic N) is 12. The number of aromatic nitrogens is 8. The summed E-state index contributed by atoms with van der Waals surface area (Å²) in [6.45, 7) is 13.7. The molecule has 148 heavy (non-hydrogen) atoms.